The third-order valence-electron chi connectivity index (χ3n) is 3.40. The summed E-state index contributed by atoms with van der Waals surface area (Å²) in [6.07, 6.45) is -5.05. The Morgan fingerprint density at radius 2 is 1.46 bits per heavy atom. The van der Waals surface area contributed by atoms with Crippen molar-refractivity contribution in [2.24, 2.45) is 0 Å². The second-order valence-electron chi connectivity index (χ2n) is 5.17. The molecule has 2 aromatic carbocycles. The number of rotatable bonds is 5. The van der Waals surface area contributed by atoms with Crippen LogP contribution in [-0.4, -0.2) is 22.6 Å². The van der Waals surface area contributed by atoms with Crippen molar-refractivity contribution in [2.75, 3.05) is 10.5 Å². The van der Waals surface area contributed by atoms with E-state index in [-0.39, 0.29) is 22.4 Å². The first-order valence-electron chi connectivity index (χ1n) is 7.09. The third kappa shape index (κ3) is 4.33. The summed E-state index contributed by atoms with van der Waals surface area (Å²) in [5, 5.41) is 0. The first-order valence-corrected chi connectivity index (χ1v) is 10.2. The van der Waals surface area contributed by atoms with Crippen LogP contribution < -0.4 is 4.72 Å². The molecule has 0 spiro atoms. The van der Waals surface area contributed by atoms with Crippen LogP contribution in [0.15, 0.2) is 52.3 Å². The van der Waals surface area contributed by atoms with E-state index >= 15 is 0 Å². The summed E-state index contributed by atoms with van der Waals surface area (Å²) < 4.78 is 101. The highest BCUT2D eigenvalue weighted by molar-refractivity contribution is 7.92. The van der Waals surface area contributed by atoms with Gasteiger partial charge in [0.2, 0.25) is 0 Å². The number of nitrogens with one attached hydrogen (secondary N) is 1. The van der Waals surface area contributed by atoms with Crippen LogP contribution in [0.4, 0.5) is 23.2 Å². The molecule has 0 saturated carbocycles. The van der Waals surface area contributed by atoms with Gasteiger partial charge in [-0.15, -0.1) is 0 Å². The number of anilines is 1. The van der Waals surface area contributed by atoms with Crippen LogP contribution in [0.1, 0.15) is 12.5 Å². The monoisotopic (exact) mass is 411 g/mol. The average molecular weight is 411 g/mol. The summed E-state index contributed by atoms with van der Waals surface area (Å²) in [7, 11) is -7.91. The van der Waals surface area contributed by atoms with Crippen molar-refractivity contribution in [1.29, 1.82) is 0 Å². The van der Waals surface area contributed by atoms with E-state index in [2.05, 4.69) is 0 Å². The quantitative estimate of drug-likeness (QED) is 0.765. The smallest absolute Gasteiger partial charge is 0.280 e. The summed E-state index contributed by atoms with van der Waals surface area (Å²) in [6, 6.07) is 5.96. The Kier molecular flexibility index (Phi) is 5.34. The van der Waals surface area contributed by atoms with Gasteiger partial charge in [-0.05, 0) is 42.5 Å². The number of alkyl halides is 3. The van der Waals surface area contributed by atoms with Gasteiger partial charge >= 0.3 is 6.18 Å². The minimum Gasteiger partial charge on any atom is -0.280 e. The predicted molar refractivity (Wildman–Crippen MR) is 86.4 cm³/mol. The minimum atomic E-state index is -5.05. The van der Waals surface area contributed by atoms with Gasteiger partial charge in [-0.25, -0.2) is 21.2 Å². The number of sulfone groups is 1. The summed E-state index contributed by atoms with van der Waals surface area (Å²) >= 11 is 0. The average Bonchev–Trinajstić information content (AvgIpc) is 2.54. The zero-order valence-electron chi connectivity index (χ0n) is 13.2. The van der Waals surface area contributed by atoms with Crippen molar-refractivity contribution >= 4 is 25.5 Å². The van der Waals surface area contributed by atoms with Gasteiger partial charge in [0.15, 0.2) is 9.84 Å². The highest BCUT2D eigenvalue weighted by Gasteiger charge is 2.35. The molecule has 1 N–H and O–H groups in total. The fourth-order valence-electron chi connectivity index (χ4n) is 2.00. The van der Waals surface area contributed by atoms with Crippen LogP contribution >= 0.6 is 0 Å². The largest absolute Gasteiger partial charge is 0.419 e. The zero-order valence-corrected chi connectivity index (χ0v) is 14.8. The van der Waals surface area contributed by atoms with Gasteiger partial charge < -0.3 is 0 Å². The van der Waals surface area contributed by atoms with E-state index in [1.165, 1.54) is 19.1 Å². The fourth-order valence-corrected chi connectivity index (χ4v) is 3.97. The summed E-state index contributed by atoms with van der Waals surface area (Å²) in [5.41, 5.74) is -1.76. The fraction of sp³-hybridized carbons (Fsp3) is 0.200. The normalized spacial score (nSPS) is 12.8. The molecule has 2 aromatic rings. The molecule has 0 saturated heterocycles. The van der Waals surface area contributed by atoms with E-state index < -0.39 is 42.3 Å². The van der Waals surface area contributed by atoms with E-state index in [4.69, 9.17) is 0 Å². The van der Waals surface area contributed by atoms with Crippen LogP contribution in [0.5, 0.6) is 0 Å². The molecule has 5 nitrogen and oxygen atoms in total. The number of halogens is 4. The lowest BCUT2D eigenvalue weighted by atomic mass is 10.2. The molecule has 0 aliphatic carbocycles. The van der Waals surface area contributed by atoms with Crippen LogP contribution in [0, 0.1) is 5.82 Å². The topological polar surface area (TPSA) is 80.3 Å². The maximum atomic E-state index is 13.3. The van der Waals surface area contributed by atoms with Crippen LogP contribution in [0.2, 0.25) is 0 Å². The molecule has 0 bridgehead atoms. The maximum absolute atomic E-state index is 13.3. The van der Waals surface area contributed by atoms with E-state index in [0.717, 1.165) is 12.1 Å². The lowest BCUT2D eigenvalue weighted by Crippen LogP contribution is -2.16. The van der Waals surface area contributed by atoms with Gasteiger partial charge in [0.25, 0.3) is 10.0 Å². The Morgan fingerprint density at radius 1 is 0.923 bits per heavy atom. The molecular formula is C15H13F4NO4S2. The van der Waals surface area contributed by atoms with Crippen LogP contribution in [0.3, 0.4) is 0 Å². The predicted octanol–water partition coefficient (Wildman–Crippen LogP) is 3.44. The summed E-state index contributed by atoms with van der Waals surface area (Å²) in [4.78, 5) is -0.805. The molecule has 0 heterocycles. The van der Waals surface area contributed by atoms with Crippen molar-refractivity contribution in [3.8, 4) is 0 Å². The first kappa shape index (κ1) is 20.2. The van der Waals surface area contributed by atoms with Crippen LogP contribution in [-0.2, 0) is 26.0 Å². The standard InChI is InChI=1S/C15H13F4NO4S2/c1-2-25(21,22)11-5-3-10(4-6-11)20-26(23,24)12-7-8-14(16)13(9-12)15(17,18)19/h3-9,20H,2H2,1H3. The van der Waals surface area contributed by atoms with Crippen molar-refractivity contribution in [1.82, 2.24) is 0 Å². The molecule has 11 heteroatoms. The molecule has 26 heavy (non-hydrogen) atoms. The number of sulfonamides is 1. The Bertz CT molecular complexity index is 1010. The summed E-state index contributed by atoms with van der Waals surface area (Å²) in [5.74, 6) is -1.74. The molecule has 0 atom stereocenters. The van der Waals surface area contributed by atoms with Crippen molar-refractivity contribution in [2.45, 2.75) is 22.9 Å². The Hall–Kier alpha value is -2.14. The third-order valence-corrected chi connectivity index (χ3v) is 6.53. The lowest BCUT2D eigenvalue weighted by molar-refractivity contribution is -0.140. The molecule has 0 aromatic heterocycles. The first-order chi connectivity index (χ1) is 11.9. The van der Waals surface area contributed by atoms with Gasteiger partial charge in [-0.2, -0.15) is 13.2 Å². The van der Waals surface area contributed by atoms with Gasteiger partial charge in [0.1, 0.15) is 5.82 Å². The molecule has 0 fully saturated rings. The number of hydrogen-bond donors (Lipinski definition) is 1. The minimum absolute atomic E-state index is 0.0240. The lowest BCUT2D eigenvalue weighted by Gasteiger charge is -2.12. The molecule has 142 valence electrons. The van der Waals surface area contributed by atoms with Crippen molar-refractivity contribution < 1.29 is 34.4 Å². The van der Waals surface area contributed by atoms with Crippen molar-refractivity contribution in [3.63, 3.8) is 0 Å². The highest BCUT2D eigenvalue weighted by Crippen LogP contribution is 2.33. The van der Waals surface area contributed by atoms with E-state index in [1.807, 2.05) is 4.72 Å². The molecule has 0 aliphatic heterocycles. The van der Waals surface area contributed by atoms with Gasteiger partial charge in [0.05, 0.1) is 21.1 Å². The second kappa shape index (κ2) is 6.88. The molecule has 2 rings (SSSR count). The van der Waals surface area contributed by atoms with Gasteiger partial charge in [-0.1, -0.05) is 6.92 Å². The van der Waals surface area contributed by atoms with Crippen molar-refractivity contribution in [3.05, 3.63) is 53.8 Å². The Balaban J connectivity index is 2.35. The Labute approximate surface area is 147 Å². The highest BCUT2D eigenvalue weighted by atomic mass is 32.2. The van der Waals surface area contributed by atoms with E-state index in [9.17, 15) is 34.4 Å². The molecule has 0 amide bonds. The molecule has 0 aliphatic rings. The molecule has 0 radical (unpaired) electrons. The van der Waals surface area contributed by atoms with Gasteiger partial charge in [0, 0.05) is 5.69 Å². The molecule has 0 unspecified atom stereocenters. The van der Waals surface area contributed by atoms with Gasteiger partial charge in [-0.3, -0.25) is 4.72 Å². The molecular weight excluding hydrogens is 398 g/mol. The number of hydrogen-bond acceptors (Lipinski definition) is 4. The number of benzene rings is 2. The zero-order chi connectivity index (χ0) is 19.8. The van der Waals surface area contributed by atoms with E-state index in [0.29, 0.717) is 12.1 Å². The summed E-state index contributed by atoms with van der Waals surface area (Å²) in [6.45, 7) is 1.44. The maximum Gasteiger partial charge on any atom is 0.419 e. The SMILES string of the molecule is CCS(=O)(=O)c1ccc(NS(=O)(=O)c2ccc(F)c(C(F)(F)F)c2)cc1. The Morgan fingerprint density at radius 3 is 1.96 bits per heavy atom. The van der Waals surface area contributed by atoms with E-state index in [1.54, 1.807) is 0 Å². The second-order valence-corrected chi connectivity index (χ2v) is 9.13. The van der Waals surface area contributed by atoms with Crippen LogP contribution in [0.25, 0.3) is 0 Å².